The molecule has 0 saturated carbocycles. The Kier molecular flexibility index (Phi) is 7.04. The van der Waals surface area contributed by atoms with Gasteiger partial charge in [0.05, 0.1) is 0 Å². The maximum absolute atomic E-state index is 12.2. The average molecular weight is 375 g/mol. The van der Waals surface area contributed by atoms with Gasteiger partial charge in [0.25, 0.3) is 5.91 Å². The summed E-state index contributed by atoms with van der Waals surface area (Å²) in [6.45, 7) is 5.74. The summed E-state index contributed by atoms with van der Waals surface area (Å²) in [5.41, 5.74) is 1.66. The number of anilines is 1. The third-order valence-electron chi connectivity index (χ3n) is 3.69. The van der Waals surface area contributed by atoms with E-state index in [0.717, 1.165) is 11.3 Å². The van der Waals surface area contributed by atoms with Crippen molar-refractivity contribution in [2.45, 2.75) is 33.4 Å². The quantitative estimate of drug-likeness (QED) is 0.769. The number of halogens is 1. The lowest BCUT2D eigenvalue weighted by molar-refractivity contribution is -0.127. The van der Waals surface area contributed by atoms with Crippen molar-refractivity contribution in [1.29, 1.82) is 0 Å². The highest BCUT2D eigenvalue weighted by molar-refractivity contribution is 6.30. The topological polar surface area (TPSA) is 67.4 Å². The SMILES string of the molecule is CC(C)C(=O)Nc1ccc(CNC(=O)C(C)Oc2cccc(Cl)c2)cc1. The molecule has 1 atom stereocenters. The molecule has 0 heterocycles. The summed E-state index contributed by atoms with van der Waals surface area (Å²) >= 11 is 5.90. The Hall–Kier alpha value is -2.53. The molecule has 0 spiro atoms. The van der Waals surface area contributed by atoms with E-state index in [1.807, 2.05) is 38.1 Å². The predicted molar refractivity (Wildman–Crippen MR) is 103 cm³/mol. The van der Waals surface area contributed by atoms with Gasteiger partial charge >= 0.3 is 0 Å². The third-order valence-corrected chi connectivity index (χ3v) is 3.93. The molecule has 0 aliphatic carbocycles. The molecule has 0 aliphatic rings. The Bertz CT molecular complexity index is 760. The third kappa shape index (κ3) is 6.08. The highest BCUT2D eigenvalue weighted by Gasteiger charge is 2.14. The molecule has 5 nitrogen and oxygen atoms in total. The number of hydrogen-bond donors (Lipinski definition) is 2. The van der Waals surface area contributed by atoms with Crippen molar-refractivity contribution >= 4 is 29.1 Å². The number of carbonyl (C=O) groups excluding carboxylic acids is 2. The summed E-state index contributed by atoms with van der Waals surface area (Å²) in [6, 6.07) is 14.3. The maximum atomic E-state index is 12.2. The van der Waals surface area contributed by atoms with Crippen LogP contribution >= 0.6 is 11.6 Å². The van der Waals surface area contributed by atoms with Crippen LogP contribution in [-0.4, -0.2) is 17.9 Å². The normalized spacial score (nSPS) is 11.7. The van der Waals surface area contributed by atoms with E-state index in [-0.39, 0.29) is 17.7 Å². The van der Waals surface area contributed by atoms with E-state index in [9.17, 15) is 9.59 Å². The van der Waals surface area contributed by atoms with E-state index in [2.05, 4.69) is 10.6 Å². The van der Waals surface area contributed by atoms with Crippen LogP contribution in [0.1, 0.15) is 26.3 Å². The standard InChI is InChI=1S/C20H23ClN2O3/c1-13(2)19(24)23-17-9-7-15(8-10-17)12-22-20(25)14(3)26-18-6-4-5-16(21)11-18/h4-11,13-14H,12H2,1-3H3,(H,22,25)(H,23,24). The van der Waals surface area contributed by atoms with Crippen LogP contribution in [0.5, 0.6) is 5.75 Å². The van der Waals surface area contributed by atoms with Gasteiger partial charge in [-0.05, 0) is 42.8 Å². The molecule has 1 unspecified atom stereocenters. The minimum absolute atomic E-state index is 0.0296. The zero-order valence-corrected chi connectivity index (χ0v) is 15.8. The molecule has 0 saturated heterocycles. The summed E-state index contributed by atoms with van der Waals surface area (Å²) in [6.07, 6.45) is -0.641. The summed E-state index contributed by atoms with van der Waals surface area (Å²) in [7, 11) is 0. The fourth-order valence-corrected chi connectivity index (χ4v) is 2.30. The van der Waals surface area contributed by atoms with Crippen LogP contribution < -0.4 is 15.4 Å². The Morgan fingerprint density at radius 1 is 1.04 bits per heavy atom. The first-order valence-corrected chi connectivity index (χ1v) is 8.82. The summed E-state index contributed by atoms with van der Waals surface area (Å²) in [5, 5.41) is 6.21. The molecule has 0 fully saturated rings. The molecule has 2 N–H and O–H groups in total. The first-order chi connectivity index (χ1) is 12.3. The van der Waals surface area contributed by atoms with Gasteiger partial charge < -0.3 is 15.4 Å². The molecular weight excluding hydrogens is 352 g/mol. The van der Waals surface area contributed by atoms with Crippen LogP contribution in [0.4, 0.5) is 5.69 Å². The van der Waals surface area contributed by atoms with Gasteiger partial charge in [-0.2, -0.15) is 0 Å². The van der Waals surface area contributed by atoms with Gasteiger partial charge in [0, 0.05) is 23.2 Å². The van der Waals surface area contributed by atoms with E-state index >= 15 is 0 Å². The number of ether oxygens (including phenoxy) is 1. The van der Waals surface area contributed by atoms with E-state index in [1.54, 1.807) is 31.2 Å². The number of amides is 2. The fraction of sp³-hybridized carbons (Fsp3) is 0.300. The summed E-state index contributed by atoms with van der Waals surface area (Å²) < 4.78 is 5.59. The number of benzene rings is 2. The van der Waals surface area contributed by atoms with Crippen LogP contribution in [0.25, 0.3) is 0 Å². The van der Waals surface area contributed by atoms with Gasteiger partial charge in [-0.1, -0.05) is 43.6 Å². The van der Waals surface area contributed by atoms with Crippen molar-refractivity contribution in [3.05, 3.63) is 59.1 Å². The second-order valence-corrected chi connectivity index (χ2v) is 6.71. The zero-order chi connectivity index (χ0) is 19.1. The largest absolute Gasteiger partial charge is 0.481 e. The highest BCUT2D eigenvalue weighted by Crippen LogP contribution is 2.18. The Balaban J connectivity index is 1.83. The van der Waals surface area contributed by atoms with Crippen molar-refractivity contribution < 1.29 is 14.3 Å². The molecule has 0 bridgehead atoms. The van der Waals surface area contributed by atoms with Crippen LogP contribution in [-0.2, 0) is 16.1 Å². The molecule has 26 heavy (non-hydrogen) atoms. The highest BCUT2D eigenvalue weighted by atomic mass is 35.5. The van der Waals surface area contributed by atoms with Crippen molar-refractivity contribution in [2.24, 2.45) is 5.92 Å². The van der Waals surface area contributed by atoms with Crippen molar-refractivity contribution in [3.63, 3.8) is 0 Å². The number of nitrogens with one attached hydrogen (secondary N) is 2. The van der Waals surface area contributed by atoms with E-state index in [4.69, 9.17) is 16.3 Å². The second kappa shape index (κ2) is 9.25. The van der Waals surface area contributed by atoms with Gasteiger partial charge in [-0.3, -0.25) is 9.59 Å². The molecule has 0 aliphatic heterocycles. The van der Waals surface area contributed by atoms with E-state index < -0.39 is 6.10 Å². The van der Waals surface area contributed by atoms with Gasteiger partial charge in [0.15, 0.2) is 6.10 Å². The Labute approximate surface area is 158 Å². The lowest BCUT2D eigenvalue weighted by Crippen LogP contribution is -2.35. The van der Waals surface area contributed by atoms with Gasteiger partial charge in [-0.25, -0.2) is 0 Å². The van der Waals surface area contributed by atoms with Crippen molar-refractivity contribution in [2.75, 3.05) is 5.32 Å². The van der Waals surface area contributed by atoms with Gasteiger partial charge in [0.2, 0.25) is 5.91 Å². The fourth-order valence-electron chi connectivity index (χ4n) is 2.12. The molecule has 6 heteroatoms. The molecule has 0 aromatic heterocycles. The molecule has 2 rings (SSSR count). The van der Waals surface area contributed by atoms with Gasteiger partial charge in [0.1, 0.15) is 5.75 Å². The second-order valence-electron chi connectivity index (χ2n) is 6.28. The zero-order valence-electron chi connectivity index (χ0n) is 15.1. The molecule has 0 radical (unpaired) electrons. The lowest BCUT2D eigenvalue weighted by Gasteiger charge is -2.15. The molecule has 2 amide bonds. The Morgan fingerprint density at radius 2 is 1.73 bits per heavy atom. The summed E-state index contributed by atoms with van der Waals surface area (Å²) in [5.74, 6) is 0.223. The van der Waals surface area contributed by atoms with Crippen molar-refractivity contribution in [1.82, 2.24) is 5.32 Å². The number of rotatable bonds is 7. The minimum atomic E-state index is -0.641. The predicted octanol–water partition coefficient (Wildman–Crippen LogP) is 4.02. The maximum Gasteiger partial charge on any atom is 0.261 e. The van der Waals surface area contributed by atoms with Crippen LogP contribution in [0.15, 0.2) is 48.5 Å². The van der Waals surface area contributed by atoms with Crippen LogP contribution in [0.2, 0.25) is 5.02 Å². The van der Waals surface area contributed by atoms with Crippen LogP contribution in [0.3, 0.4) is 0 Å². The number of carbonyl (C=O) groups is 2. The number of hydrogen-bond acceptors (Lipinski definition) is 3. The lowest BCUT2D eigenvalue weighted by atomic mass is 10.1. The van der Waals surface area contributed by atoms with Crippen molar-refractivity contribution in [3.8, 4) is 5.75 Å². The molecular formula is C20H23ClN2O3. The first kappa shape index (κ1) is 19.8. The van der Waals surface area contributed by atoms with E-state index in [0.29, 0.717) is 17.3 Å². The van der Waals surface area contributed by atoms with E-state index in [1.165, 1.54) is 0 Å². The molecule has 2 aromatic carbocycles. The average Bonchev–Trinajstić information content (AvgIpc) is 2.60. The monoisotopic (exact) mass is 374 g/mol. The smallest absolute Gasteiger partial charge is 0.261 e. The van der Waals surface area contributed by atoms with Gasteiger partial charge in [-0.15, -0.1) is 0 Å². The molecule has 2 aromatic rings. The Morgan fingerprint density at radius 3 is 2.35 bits per heavy atom. The van der Waals surface area contributed by atoms with Crippen LogP contribution in [0, 0.1) is 5.92 Å². The first-order valence-electron chi connectivity index (χ1n) is 8.45. The molecule has 138 valence electrons. The summed E-state index contributed by atoms with van der Waals surface area (Å²) in [4.78, 5) is 23.8. The minimum Gasteiger partial charge on any atom is -0.481 e.